The molecule has 1 fully saturated rings. The molecule has 0 aromatic heterocycles. The summed E-state index contributed by atoms with van der Waals surface area (Å²) in [7, 11) is 0. The first-order chi connectivity index (χ1) is 10.2. The normalized spacial score (nSPS) is 18.7. The van der Waals surface area contributed by atoms with Gasteiger partial charge in [-0.2, -0.15) is 0 Å². The maximum Gasteiger partial charge on any atom is 0.225 e. The SMILES string of the molecule is CC(NC(=O)C1CCOC1)c1ccc(C#CCCO)cc1. The standard InChI is InChI=1S/C17H21NO3/c1-13(18-17(20)16-9-11-21-12-16)15-7-5-14(6-8-15)4-2-3-10-19/h5-8,13,16,19H,3,9-12H2,1H3,(H,18,20). The number of carbonyl (C=O) groups excluding carboxylic acids is 1. The Kier molecular flexibility index (Phi) is 5.79. The largest absolute Gasteiger partial charge is 0.395 e. The van der Waals surface area contributed by atoms with Gasteiger partial charge in [0.05, 0.1) is 25.2 Å². The third-order valence-corrected chi connectivity index (χ3v) is 3.54. The molecule has 1 aromatic rings. The van der Waals surface area contributed by atoms with E-state index < -0.39 is 0 Å². The van der Waals surface area contributed by atoms with Crippen molar-refractivity contribution in [1.29, 1.82) is 0 Å². The number of hydrogen-bond donors (Lipinski definition) is 2. The molecule has 1 amide bonds. The Morgan fingerprint density at radius 1 is 1.48 bits per heavy atom. The molecule has 2 unspecified atom stereocenters. The molecule has 0 saturated carbocycles. The summed E-state index contributed by atoms with van der Waals surface area (Å²) in [5.41, 5.74) is 1.96. The van der Waals surface area contributed by atoms with E-state index >= 15 is 0 Å². The number of ether oxygens (including phenoxy) is 1. The number of hydrogen-bond acceptors (Lipinski definition) is 3. The van der Waals surface area contributed by atoms with Crippen LogP contribution in [-0.2, 0) is 9.53 Å². The van der Waals surface area contributed by atoms with Gasteiger partial charge in [0.2, 0.25) is 5.91 Å². The quantitative estimate of drug-likeness (QED) is 0.828. The predicted molar refractivity (Wildman–Crippen MR) is 80.5 cm³/mol. The molecule has 2 rings (SSSR count). The minimum Gasteiger partial charge on any atom is -0.395 e. The van der Waals surface area contributed by atoms with Crippen molar-refractivity contribution in [3.63, 3.8) is 0 Å². The van der Waals surface area contributed by atoms with Crippen LogP contribution in [0.2, 0.25) is 0 Å². The number of carbonyl (C=O) groups is 1. The van der Waals surface area contributed by atoms with Crippen molar-refractivity contribution in [1.82, 2.24) is 5.32 Å². The van der Waals surface area contributed by atoms with E-state index in [0.717, 1.165) is 17.5 Å². The molecule has 4 heteroatoms. The molecule has 21 heavy (non-hydrogen) atoms. The highest BCUT2D eigenvalue weighted by Crippen LogP contribution is 2.17. The summed E-state index contributed by atoms with van der Waals surface area (Å²) >= 11 is 0. The molecule has 112 valence electrons. The van der Waals surface area contributed by atoms with Crippen molar-refractivity contribution in [2.45, 2.75) is 25.8 Å². The van der Waals surface area contributed by atoms with Gasteiger partial charge in [-0.1, -0.05) is 24.0 Å². The van der Waals surface area contributed by atoms with Gasteiger partial charge in [0.15, 0.2) is 0 Å². The smallest absolute Gasteiger partial charge is 0.225 e. The van der Waals surface area contributed by atoms with Crippen molar-refractivity contribution in [3.8, 4) is 11.8 Å². The number of rotatable bonds is 4. The highest BCUT2D eigenvalue weighted by molar-refractivity contribution is 5.79. The van der Waals surface area contributed by atoms with Crippen LogP contribution in [0.5, 0.6) is 0 Å². The Hall–Kier alpha value is -1.83. The van der Waals surface area contributed by atoms with Crippen molar-refractivity contribution >= 4 is 5.91 Å². The fourth-order valence-electron chi connectivity index (χ4n) is 2.23. The topological polar surface area (TPSA) is 58.6 Å². The maximum atomic E-state index is 12.0. The summed E-state index contributed by atoms with van der Waals surface area (Å²) in [5.74, 6) is 5.91. The summed E-state index contributed by atoms with van der Waals surface area (Å²) in [4.78, 5) is 12.0. The van der Waals surface area contributed by atoms with Crippen LogP contribution >= 0.6 is 0 Å². The Bertz CT molecular complexity index is 521. The highest BCUT2D eigenvalue weighted by atomic mass is 16.5. The van der Waals surface area contributed by atoms with Crippen LogP contribution < -0.4 is 5.32 Å². The van der Waals surface area contributed by atoms with Crippen LogP contribution in [0.15, 0.2) is 24.3 Å². The summed E-state index contributed by atoms with van der Waals surface area (Å²) in [6.07, 6.45) is 1.29. The lowest BCUT2D eigenvalue weighted by Crippen LogP contribution is -2.33. The molecule has 0 radical (unpaired) electrons. The predicted octanol–water partition coefficient (Wildman–Crippen LogP) is 1.63. The number of aliphatic hydroxyl groups is 1. The van der Waals surface area contributed by atoms with Crippen LogP contribution in [0.4, 0.5) is 0 Å². The van der Waals surface area contributed by atoms with Crippen LogP contribution in [-0.4, -0.2) is 30.8 Å². The van der Waals surface area contributed by atoms with Gasteiger partial charge in [-0.05, 0) is 31.0 Å². The highest BCUT2D eigenvalue weighted by Gasteiger charge is 2.24. The molecular weight excluding hydrogens is 266 g/mol. The summed E-state index contributed by atoms with van der Waals surface area (Å²) < 4.78 is 5.23. The van der Waals surface area contributed by atoms with Crippen molar-refractivity contribution in [2.24, 2.45) is 5.92 Å². The number of nitrogens with one attached hydrogen (secondary N) is 1. The summed E-state index contributed by atoms with van der Waals surface area (Å²) in [6.45, 7) is 3.25. The van der Waals surface area contributed by atoms with Gasteiger partial charge in [-0.25, -0.2) is 0 Å². The number of aliphatic hydroxyl groups excluding tert-OH is 1. The van der Waals surface area contributed by atoms with Crippen molar-refractivity contribution in [2.75, 3.05) is 19.8 Å². The monoisotopic (exact) mass is 287 g/mol. The van der Waals surface area contributed by atoms with Gasteiger partial charge in [0, 0.05) is 18.6 Å². The lowest BCUT2D eigenvalue weighted by atomic mass is 10.0. The summed E-state index contributed by atoms with van der Waals surface area (Å²) in [5, 5.41) is 11.7. The molecule has 1 heterocycles. The minimum absolute atomic E-state index is 0.0175. The second kappa shape index (κ2) is 7.82. The lowest BCUT2D eigenvalue weighted by Gasteiger charge is -2.16. The molecule has 1 aliphatic rings. The second-order valence-corrected chi connectivity index (χ2v) is 5.19. The Morgan fingerprint density at radius 2 is 2.24 bits per heavy atom. The zero-order valence-corrected chi connectivity index (χ0v) is 12.3. The van der Waals surface area contributed by atoms with Crippen LogP contribution in [0.3, 0.4) is 0 Å². The first kappa shape index (κ1) is 15.6. The fraction of sp³-hybridized carbons (Fsp3) is 0.471. The molecule has 4 nitrogen and oxygen atoms in total. The third kappa shape index (κ3) is 4.59. The molecule has 0 aliphatic carbocycles. The van der Waals surface area contributed by atoms with E-state index in [1.807, 2.05) is 31.2 Å². The average molecular weight is 287 g/mol. The zero-order chi connectivity index (χ0) is 15.1. The Labute approximate surface area is 125 Å². The number of benzene rings is 1. The maximum absolute atomic E-state index is 12.0. The average Bonchev–Trinajstić information content (AvgIpc) is 3.02. The molecule has 0 spiro atoms. The van der Waals surface area contributed by atoms with E-state index in [9.17, 15) is 4.79 Å². The minimum atomic E-state index is -0.0300. The van der Waals surface area contributed by atoms with Crippen molar-refractivity contribution < 1.29 is 14.6 Å². The van der Waals surface area contributed by atoms with Gasteiger partial charge in [0.25, 0.3) is 0 Å². The first-order valence-corrected chi connectivity index (χ1v) is 7.28. The lowest BCUT2D eigenvalue weighted by molar-refractivity contribution is -0.125. The summed E-state index contributed by atoms with van der Waals surface area (Å²) in [6, 6.07) is 7.78. The van der Waals surface area contributed by atoms with E-state index in [-0.39, 0.29) is 24.5 Å². The zero-order valence-electron chi connectivity index (χ0n) is 12.3. The molecule has 0 bridgehead atoms. The van der Waals surface area contributed by atoms with E-state index in [0.29, 0.717) is 19.6 Å². The first-order valence-electron chi connectivity index (χ1n) is 7.28. The molecule has 1 saturated heterocycles. The van der Waals surface area contributed by atoms with E-state index in [2.05, 4.69) is 17.2 Å². The van der Waals surface area contributed by atoms with Gasteiger partial charge in [0.1, 0.15) is 0 Å². The van der Waals surface area contributed by atoms with Crippen LogP contribution in [0, 0.1) is 17.8 Å². The van der Waals surface area contributed by atoms with E-state index in [1.54, 1.807) is 0 Å². The fourth-order valence-corrected chi connectivity index (χ4v) is 2.23. The van der Waals surface area contributed by atoms with E-state index in [1.165, 1.54) is 0 Å². The van der Waals surface area contributed by atoms with Gasteiger partial charge < -0.3 is 15.2 Å². The molecule has 2 atom stereocenters. The van der Waals surface area contributed by atoms with Crippen LogP contribution in [0.1, 0.15) is 36.9 Å². The van der Waals surface area contributed by atoms with Gasteiger partial charge >= 0.3 is 0 Å². The van der Waals surface area contributed by atoms with E-state index in [4.69, 9.17) is 9.84 Å². The Balaban J connectivity index is 1.91. The Morgan fingerprint density at radius 3 is 2.86 bits per heavy atom. The molecular formula is C17H21NO3. The third-order valence-electron chi connectivity index (χ3n) is 3.54. The van der Waals surface area contributed by atoms with Crippen molar-refractivity contribution in [3.05, 3.63) is 35.4 Å². The van der Waals surface area contributed by atoms with Crippen LogP contribution in [0.25, 0.3) is 0 Å². The second-order valence-electron chi connectivity index (χ2n) is 5.19. The molecule has 2 N–H and O–H groups in total. The number of amides is 1. The van der Waals surface area contributed by atoms with Gasteiger partial charge in [-0.15, -0.1) is 0 Å². The molecule has 1 aliphatic heterocycles. The van der Waals surface area contributed by atoms with Gasteiger partial charge in [-0.3, -0.25) is 4.79 Å². The molecule has 1 aromatic carbocycles.